The highest BCUT2D eigenvalue weighted by atomic mass is 32.2. The Labute approximate surface area is 116 Å². The number of amides is 2. The van der Waals surface area contributed by atoms with E-state index < -0.39 is 28.1 Å². The molecule has 1 saturated heterocycles. The highest BCUT2D eigenvalue weighted by Gasteiger charge is 2.34. The van der Waals surface area contributed by atoms with E-state index in [9.17, 15) is 18.0 Å². The Morgan fingerprint density at radius 2 is 2.11 bits per heavy atom. The standard InChI is InChI=1S/C9H17N3O5S2/c1-19(16,17)11-4-2-3-10-9(15)12-6-18-5-7(12)8(13)14/h7,11H,2-6H2,1H3,(H,10,15)(H,13,14)/t7-/m0/s1. The van der Waals surface area contributed by atoms with Gasteiger partial charge in [0.15, 0.2) is 0 Å². The molecule has 1 heterocycles. The molecule has 0 radical (unpaired) electrons. The summed E-state index contributed by atoms with van der Waals surface area (Å²) in [6.45, 7) is 0.519. The molecule has 3 N–H and O–H groups in total. The van der Waals surface area contributed by atoms with Crippen LogP contribution in [-0.4, -0.2) is 67.4 Å². The van der Waals surface area contributed by atoms with Gasteiger partial charge in [-0.3, -0.25) is 0 Å². The molecule has 0 aliphatic carbocycles. The Kier molecular flexibility index (Phi) is 5.88. The lowest BCUT2D eigenvalue weighted by atomic mass is 10.3. The topological polar surface area (TPSA) is 116 Å². The molecule has 0 spiro atoms. The normalized spacial score (nSPS) is 19.4. The van der Waals surface area contributed by atoms with Crippen LogP contribution < -0.4 is 10.0 Å². The first-order valence-electron chi connectivity index (χ1n) is 5.61. The van der Waals surface area contributed by atoms with Gasteiger partial charge in [0.1, 0.15) is 6.04 Å². The lowest BCUT2D eigenvalue weighted by Gasteiger charge is -2.20. The highest BCUT2D eigenvalue weighted by Crippen LogP contribution is 2.20. The number of carbonyl (C=O) groups is 2. The van der Waals surface area contributed by atoms with Gasteiger partial charge in [-0.05, 0) is 6.42 Å². The van der Waals surface area contributed by atoms with Crippen LogP contribution in [0.1, 0.15) is 6.42 Å². The van der Waals surface area contributed by atoms with E-state index in [2.05, 4.69) is 10.0 Å². The van der Waals surface area contributed by atoms with Crippen molar-refractivity contribution in [3.8, 4) is 0 Å². The molecule has 1 aliphatic heterocycles. The Hall–Kier alpha value is -1.00. The Morgan fingerprint density at radius 3 is 2.68 bits per heavy atom. The number of urea groups is 1. The van der Waals surface area contributed by atoms with Gasteiger partial charge in [-0.15, -0.1) is 11.8 Å². The summed E-state index contributed by atoms with van der Waals surface area (Å²) in [4.78, 5) is 23.9. The van der Waals surface area contributed by atoms with E-state index in [1.54, 1.807) is 0 Å². The number of carboxylic acids is 1. The van der Waals surface area contributed by atoms with Gasteiger partial charge >= 0.3 is 12.0 Å². The number of hydrogen-bond donors (Lipinski definition) is 3. The van der Waals surface area contributed by atoms with Gasteiger partial charge in [0.25, 0.3) is 0 Å². The molecule has 110 valence electrons. The van der Waals surface area contributed by atoms with Crippen molar-refractivity contribution in [2.45, 2.75) is 12.5 Å². The Morgan fingerprint density at radius 1 is 1.42 bits per heavy atom. The fraction of sp³-hybridized carbons (Fsp3) is 0.778. The van der Waals surface area contributed by atoms with Gasteiger partial charge in [-0.1, -0.05) is 0 Å². The van der Waals surface area contributed by atoms with Crippen molar-refractivity contribution in [1.29, 1.82) is 0 Å². The fourth-order valence-electron chi connectivity index (χ4n) is 1.49. The van der Waals surface area contributed by atoms with Gasteiger partial charge in [0.2, 0.25) is 10.0 Å². The third kappa shape index (κ3) is 5.66. The van der Waals surface area contributed by atoms with Gasteiger partial charge in [-0.25, -0.2) is 22.7 Å². The quantitative estimate of drug-likeness (QED) is 0.547. The first kappa shape index (κ1) is 16.1. The predicted molar refractivity (Wildman–Crippen MR) is 71.5 cm³/mol. The molecule has 0 aromatic heterocycles. The molecule has 0 bridgehead atoms. The van der Waals surface area contributed by atoms with E-state index in [0.29, 0.717) is 18.1 Å². The molecular weight excluding hydrogens is 294 g/mol. The average Bonchev–Trinajstić information content (AvgIpc) is 2.75. The van der Waals surface area contributed by atoms with Crippen LogP contribution >= 0.6 is 11.8 Å². The second-order valence-corrected chi connectivity index (χ2v) is 6.91. The monoisotopic (exact) mass is 311 g/mol. The summed E-state index contributed by atoms with van der Waals surface area (Å²) in [5.74, 6) is -0.276. The third-order valence-corrected chi connectivity index (χ3v) is 4.16. The van der Waals surface area contributed by atoms with Crippen LogP contribution in [0.3, 0.4) is 0 Å². The smallest absolute Gasteiger partial charge is 0.327 e. The second-order valence-electron chi connectivity index (χ2n) is 4.08. The Bertz CT molecular complexity index is 439. The molecule has 1 rings (SSSR count). The van der Waals surface area contributed by atoms with Gasteiger partial charge in [-0.2, -0.15) is 0 Å². The van der Waals surface area contributed by atoms with Crippen LogP contribution in [0.5, 0.6) is 0 Å². The maximum absolute atomic E-state index is 11.7. The summed E-state index contributed by atoms with van der Waals surface area (Å²) in [6.07, 6.45) is 1.50. The van der Waals surface area contributed by atoms with Crippen molar-refractivity contribution < 1.29 is 23.1 Å². The maximum atomic E-state index is 11.7. The number of rotatable bonds is 6. The van der Waals surface area contributed by atoms with E-state index in [1.165, 1.54) is 16.7 Å². The number of carbonyl (C=O) groups excluding carboxylic acids is 1. The van der Waals surface area contributed by atoms with Crippen LogP contribution in [0, 0.1) is 0 Å². The van der Waals surface area contributed by atoms with E-state index in [-0.39, 0.29) is 13.1 Å². The summed E-state index contributed by atoms with van der Waals surface area (Å²) in [5, 5.41) is 11.5. The first-order chi connectivity index (χ1) is 8.81. The van der Waals surface area contributed by atoms with Gasteiger partial charge < -0.3 is 15.3 Å². The number of hydrogen-bond acceptors (Lipinski definition) is 5. The number of nitrogens with zero attached hydrogens (tertiary/aromatic N) is 1. The first-order valence-corrected chi connectivity index (χ1v) is 8.65. The maximum Gasteiger partial charge on any atom is 0.327 e. The van der Waals surface area contributed by atoms with E-state index >= 15 is 0 Å². The highest BCUT2D eigenvalue weighted by molar-refractivity contribution is 7.99. The zero-order valence-electron chi connectivity index (χ0n) is 10.5. The molecule has 1 fully saturated rings. The summed E-state index contributed by atoms with van der Waals surface area (Å²) in [7, 11) is -3.21. The molecule has 0 aromatic rings. The molecule has 1 atom stereocenters. The summed E-state index contributed by atoms with van der Waals surface area (Å²) in [5.41, 5.74) is 0. The minimum Gasteiger partial charge on any atom is -0.480 e. The van der Waals surface area contributed by atoms with Crippen LogP contribution in [0.25, 0.3) is 0 Å². The molecule has 8 nitrogen and oxygen atoms in total. The minimum absolute atomic E-state index is 0.232. The van der Waals surface area contributed by atoms with Crippen molar-refractivity contribution in [2.75, 3.05) is 31.0 Å². The zero-order valence-corrected chi connectivity index (χ0v) is 12.1. The van der Waals surface area contributed by atoms with Crippen molar-refractivity contribution in [3.63, 3.8) is 0 Å². The molecule has 10 heteroatoms. The lowest BCUT2D eigenvalue weighted by molar-refractivity contribution is -0.140. The van der Waals surface area contributed by atoms with Crippen molar-refractivity contribution in [3.05, 3.63) is 0 Å². The summed E-state index contributed by atoms with van der Waals surface area (Å²) >= 11 is 1.39. The molecule has 0 unspecified atom stereocenters. The summed E-state index contributed by atoms with van der Waals surface area (Å²) in [6, 6.07) is -1.23. The van der Waals surface area contributed by atoms with E-state index in [0.717, 1.165) is 6.26 Å². The van der Waals surface area contributed by atoms with Crippen LogP contribution in [0.15, 0.2) is 0 Å². The van der Waals surface area contributed by atoms with Gasteiger partial charge in [0.05, 0.1) is 12.1 Å². The van der Waals surface area contributed by atoms with Crippen LogP contribution in [-0.2, 0) is 14.8 Å². The number of sulfonamides is 1. The van der Waals surface area contributed by atoms with Gasteiger partial charge in [0, 0.05) is 18.8 Å². The molecule has 0 aromatic carbocycles. The Balaban J connectivity index is 2.26. The number of carboxylic acid groups (broad SMARTS) is 1. The molecule has 2 amide bonds. The zero-order chi connectivity index (χ0) is 14.5. The van der Waals surface area contributed by atoms with E-state index in [4.69, 9.17) is 5.11 Å². The minimum atomic E-state index is -3.21. The average molecular weight is 311 g/mol. The SMILES string of the molecule is CS(=O)(=O)NCCCNC(=O)N1CSC[C@H]1C(=O)O. The number of aliphatic carboxylic acids is 1. The largest absolute Gasteiger partial charge is 0.480 e. The third-order valence-electron chi connectivity index (χ3n) is 2.42. The van der Waals surface area contributed by atoms with Crippen molar-refractivity contribution >= 4 is 33.8 Å². The lowest BCUT2D eigenvalue weighted by Crippen LogP contribution is -2.47. The predicted octanol–water partition coefficient (Wildman–Crippen LogP) is -0.905. The van der Waals surface area contributed by atoms with Crippen molar-refractivity contribution in [2.24, 2.45) is 0 Å². The van der Waals surface area contributed by atoms with Crippen LogP contribution in [0.2, 0.25) is 0 Å². The second kappa shape index (κ2) is 6.96. The van der Waals surface area contributed by atoms with Crippen LogP contribution in [0.4, 0.5) is 4.79 Å². The molecule has 0 saturated carbocycles. The molecule has 1 aliphatic rings. The molecule has 19 heavy (non-hydrogen) atoms. The van der Waals surface area contributed by atoms with E-state index in [1.807, 2.05) is 0 Å². The molecular formula is C9H17N3O5S2. The fourth-order valence-corrected chi connectivity index (χ4v) is 3.15. The number of thioether (sulfide) groups is 1. The van der Waals surface area contributed by atoms with Crippen molar-refractivity contribution in [1.82, 2.24) is 14.9 Å². The summed E-state index contributed by atoms with van der Waals surface area (Å²) < 4.78 is 23.9. The number of nitrogens with one attached hydrogen (secondary N) is 2.